The van der Waals surface area contributed by atoms with Crippen molar-refractivity contribution in [3.05, 3.63) is 47.3 Å². The van der Waals surface area contributed by atoms with Gasteiger partial charge in [-0.3, -0.25) is 0 Å². The lowest BCUT2D eigenvalue weighted by atomic mass is 10.1. The maximum Gasteiger partial charge on any atom is 0.0648 e. The zero-order valence-electron chi connectivity index (χ0n) is 9.94. The lowest BCUT2D eigenvalue weighted by Gasteiger charge is -2.08. The molecule has 0 aliphatic heterocycles. The quantitative estimate of drug-likeness (QED) is 0.836. The maximum absolute atomic E-state index is 5.81. The van der Waals surface area contributed by atoms with Crippen LogP contribution in [0.25, 0.3) is 5.69 Å². The lowest BCUT2D eigenvalue weighted by molar-refractivity contribution is 0.808. The molecule has 3 heteroatoms. The molecule has 0 amide bonds. The number of aromatic nitrogens is 2. The number of rotatable bonds is 2. The highest BCUT2D eigenvalue weighted by Gasteiger charge is 2.04. The highest BCUT2D eigenvalue weighted by atomic mass is 15.3. The standard InChI is InChI=1S/C13H17N3/c1-9-8-10(2)16(15-9)13-6-4-12(5-7-13)11(3)14/h4-8,11H,14H2,1-3H3/t11-/m0/s1. The van der Waals surface area contributed by atoms with Crippen molar-refractivity contribution in [3.8, 4) is 5.69 Å². The monoisotopic (exact) mass is 215 g/mol. The van der Waals surface area contributed by atoms with Crippen LogP contribution in [0.15, 0.2) is 30.3 Å². The first-order valence-corrected chi connectivity index (χ1v) is 5.47. The molecule has 2 N–H and O–H groups in total. The molecule has 0 aliphatic carbocycles. The van der Waals surface area contributed by atoms with Crippen LogP contribution in [0.1, 0.15) is 29.9 Å². The molecule has 1 atom stereocenters. The van der Waals surface area contributed by atoms with E-state index in [0.717, 1.165) is 22.6 Å². The van der Waals surface area contributed by atoms with Gasteiger partial charge in [-0.2, -0.15) is 5.10 Å². The van der Waals surface area contributed by atoms with Crippen molar-refractivity contribution < 1.29 is 0 Å². The molecule has 0 saturated carbocycles. The van der Waals surface area contributed by atoms with Crippen molar-refractivity contribution >= 4 is 0 Å². The third kappa shape index (κ3) is 1.99. The van der Waals surface area contributed by atoms with E-state index in [2.05, 4.69) is 42.4 Å². The van der Waals surface area contributed by atoms with Crippen molar-refractivity contribution in [2.45, 2.75) is 26.8 Å². The zero-order chi connectivity index (χ0) is 11.7. The second kappa shape index (κ2) is 4.10. The molecule has 0 unspecified atom stereocenters. The van der Waals surface area contributed by atoms with E-state index in [1.54, 1.807) is 0 Å². The molecular formula is C13H17N3. The Morgan fingerprint density at radius 2 is 1.81 bits per heavy atom. The van der Waals surface area contributed by atoms with Crippen molar-refractivity contribution in [2.75, 3.05) is 0 Å². The van der Waals surface area contributed by atoms with Crippen LogP contribution in [0.4, 0.5) is 0 Å². The van der Waals surface area contributed by atoms with Crippen LogP contribution in [0.2, 0.25) is 0 Å². The molecular weight excluding hydrogens is 198 g/mol. The topological polar surface area (TPSA) is 43.8 Å². The lowest BCUT2D eigenvalue weighted by Crippen LogP contribution is -2.05. The zero-order valence-corrected chi connectivity index (χ0v) is 9.94. The first kappa shape index (κ1) is 10.9. The highest BCUT2D eigenvalue weighted by molar-refractivity contribution is 5.36. The van der Waals surface area contributed by atoms with Gasteiger partial charge in [0.2, 0.25) is 0 Å². The van der Waals surface area contributed by atoms with Crippen molar-refractivity contribution in [2.24, 2.45) is 5.73 Å². The summed E-state index contributed by atoms with van der Waals surface area (Å²) in [6, 6.07) is 10.4. The molecule has 2 rings (SSSR count). The van der Waals surface area contributed by atoms with Gasteiger partial charge >= 0.3 is 0 Å². The van der Waals surface area contributed by atoms with E-state index in [1.165, 1.54) is 0 Å². The summed E-state index contributed by atoms with van der Waals surface area (Å²) >= 11 is 0. The molecule has 1 aromatic carbocycles. The van der Waals surface area contributed by atoms with Crippen molar-refractivity contribution in [1.82, 2.24) is 9.78 Å². The largest absolute Gasteiger partial charge is 0.324 e. The molecule has 0 spiro atoms. The second-order valence-electron chi connectivity index (χ2n) is 4.22. The molecule has 1 heterocycles. The molecule has 0 radical (unpaired) electrons. The van der Waals surface area contributed by atoms with Gasteiger partial charge in [0.05, 0.1) is 11.4 Å². The number of hydrogen-bond donors (Lipinski definition) is 1. The molecule has 1 aromatic heterocycles. The summed E-state index contributed by atoms with van der Waals surface area (Å²) < 4.78 is 1.94. The van der Waals surface area contributed by atoms with E-state index in [9.17, 15) is 0 Å². The Morgan fingerprint density at radius 3 is 2.25 bits per heavy atom. The molecule has 0 fully saturated rings. The summed E-state index contributed by atoms with van der Waals surface area (Å²) in [5.74, 6) is 0. The summed E-state index contributed by atoms with van der Waals surface area (Å²) in [5.41, 5.74) is 10.2. The summed E-state index contributed by atoms with van der Waals surface area (Å²) in [4.78, 5) is 0. The van der Waals surface area contributed by atoms with Gasteiger partial charge in [0.1, 0.15) is 0 Å². The Morgan fingerprint density at radius 1 is 1.19 bits per heavy atom. The summed E-state index contributed by atoms with van der Waals surface area (Å²) in [6.45, 7) is 6.04. The average Bonchev–Trinajstić information content (AvgIpc) is 2.58. The van der Waals surface area contributed by atoms with E-state index >= 15 is 0 Å². The first-order chi connectivity index (χ1) is 7.58. The number of benzene rings is 1. The van der Waals surface area contributed by atoms with E-state index < -0.39 is 0 Å². The van der Waals surface area contributed by atoms with Crippen molar-refractivity contribution in [3.63, 3.8) is 0 Å². The maximum atomic E-state index is 5.81. The predicted octanol–water partition coefficient (Wildman–Crippen LogP) is 2.51. The molecule has 0 bridgehead atoms. The van der Waals surface area contributed by atoms with E-state index in [-0.39, 0.29) is 6.04 Å². The smallest absolute Gasteiger partial charge is 0.0648 e. The van der Waals surface area contributed by atoms with Gasteiger partial charge in [-0.05, 0) is 44.5 Å². The first-order valence-electron chi connectivity index (χ1n) is 5.47. The van der Waals surface area contributed by atoms with E-state index in [0.29, 0.717) is 0 Å². The number of nitrogens with two attached hydrogens (primary N) is 1. The molecule has 0 saturated heterocycles. The minimum atomic E-state index is 0.0782. The van der Waals surface area contributed by atoms with Crippen LogP contribution < -0.4 is 5.73 Å². The molecule has 3 nitrogen and oxygen atoms in total. The van der Waals surface area contributed by atoms with Crippen LogP contribution in [-0.2, 0) is 0 Å². The van der Waals surface area contributed by atoms with Gasteiger partial charge in [-0.15, -0.1) is 0 Å². The minimum absolute atomic E-state index is 0.0782. The minimum Gasteiger partial charge on any atom is -0.324 e. The Labute approximate surface area is 95.9 Å². The fraction of sp³-hybridized carbons (Fsp3) is 0.308. The van der Waals surface area contributed by atoms with Gasteiger partial charge in [0.25, 0.3) is 0 Å². The Balaban J connectivity index is 2.38. The Kier molecular flexibility index (Phi) is 2.79. The fourth-order valence-corrected chi connectivity index (χ4v) is 1.81. The summed E-state index contributed by atoms with van der Waals surface area (Å²) in [5, 5.41) is 4.44. The third-order valence-electron chi connectivity index (χ3n) is 2.67. The number of hydrogen-bond acceptors (Lipinski definition) is 2. The van der Waals surface area contributed by atoms with Gasteiger partial charge in [0, 0.05) is 11.7 Å². The summed E-state index contributed by atoms with van der Waals surface area (Å²) in [7, 11) is 0. The van der Waals surface area contributed by atoms with Crippen molar-refractivity contribution in [1.29, 1.82) is 0 Å². The predicted molar refractivity (Wildman–Crippen MR) is 65.6 cm³/mol. The third-order valence-corrected chi connectivity index (χ3v) is 2.67. The Bertz CT molecular complexity index is 480. The average molecular weight is 215 g/mol. The highest BCUT2D eigenvalue weighted by Crippen LogP contribution is 2.15. The number of nitrogens with zero attached hydrogens (tertiary/aromatic N) is 2. The molecule has 16 heavy (non-hydrogen) atoms. The van der Waals surface area contributed by atoms with Crippen LogP contribution in [0.3, 0.4) is 0 Å². The van der Waals surface area contributed by atoms with Gasteiger partial charge in [0.15, 0.2) is 0 Å². The van der Waals surface area contributed by atoms with Crippen LogP contribution in [0.5, 0.6) is 0 Å². The Hall–Kier alpha value is -1.61. The molecule has 0 aliphatic rings. The normalized spacial score (nSPS) is 12.8. The van der Waals surface area contributed by atoms with Crippen LogP contribution in [0, 0.1) is 13.8 Å². The van der Waals surface area contributed by atoms with Crippen LogP contribution in [-0.4, -0.2) is 9.78 Å². The SMILES string of the molecule is Cc1cc(C)n(-c2ccc([C@H](C)N)cc2)n1. The van der Waals surface area contributed by atoms with Crippen LogP contribution >= 0.6 is 0 Å². The van der Waals surface area contributed by atoms with Gasteiger partial charge < -0.3 is 5.73 Å². The molecule has 2 aromatic rings. The van der Waals surface area contributed by atoms with Gasteiger partial charge in [-0.1, -0.05) is 12.1 Å². The van der Waals surface area contributed by atoms with E-state index in [1.807, 2.05) is 18.5 Å². The fourth-order valence-electron chi connectivity index (χ4n) is 1.81. The number of aryl methyl sites for hydroxylation is 2. The molecule has 84 valence electrons. The summed E-state index contributed by atoms with van der Waals surface area (Å²) in [6.07, 6.45) is 0. The van der Waals surface area contributed by atoms with Gasteiger partial charge in [-0.25, -0.2) is 4.68 Å². The second-order valence-corrected chi connectivity index (χ2v) is 4.22. The van der Waals surface area contributed by atoms with E-state index in [4.69, 9.17) is 5.73 Å².